The lowest BCUT2D eigenvalue weighted by atomic mass is 10.0. The molecule has 0 aliphatic carbocycles. The number of esters is 2. The Morgan fingerprint density at radius 3 is 1.15 bits per heavy atom. The SMILES string of the molecule is CC/C=C\C/C=C\C/C=C\C/C=C\CCCCCCCCCCCCCCCCCCC(=O)OC(COC(=O)CCCCCCCCCCCCCCCCCCCCCC)COC(OCC[N+](C)(C)C)C(=O)O. The van der Waals surface area contributed by atoms with Crippen LogP contribution in [-0.4, -0.2) is 87.4 Å². The zero-order chi connectivity index (χ0) is 54.1. The van der Waals surface area contributed by atoms with Gasteiger partial charge in [-0.25, -0.2) is 4.79 Å². The van der Waals surface area contributed by atoms with Gasteiger partial charge in [0.05, 0.1) is 34.4 Å². The first-order chi connectivity index (χ1) is 36.1. The molecule has 0 heterocycles. The van der Waals surface area contributed by atoms with E-state index < -0.39 is 18.4 Å². The normalized spacial score (nSPS) is 13.0. The fourth-order valence-corrected chi connectivity index (χ4v) is 9.07. The van der Waals surface area contributed by atoms with Crippen molar-refractivity contribution in [3.8, 4) is 0 Å². The van der Waals surface area contributed by atoms with Crippen LogP contribution < -0.4 is 0 Å². The second-order valence-electron chi connectivity index (χ2n) is 22.3. The van der Waals surface area contributed by atoms with Gasteiger partial charge in [-0.15, -0.1) is 0 Å². The number of quaternary nitrogens is 1. The number of hydrogen-bond acceptors (Lipinski definition) is 7. The monoisotopic (exact) mass is 1040 g/mol. The first kappa shape index (κ1) is 71.2. The summed E-state index contributed by atoms with van der Waals surface area (Å²) >= 11 is 0. The summed E-state index contributed by atoms with van der Waals surface area (Å²) < 4.78 is 22.9. The first-order valence-corrected chi connectivity index (χ1v) is 31.3. The molecule has 0 saturated carbocycles. The van der Waals surface area contributed by atoms with Crippen LogP contribution in [0.5, 0.6) is 0 Å². The van der Waals surface area contributed by atoms with Crippen molar-refractivity contribution in [1.82, 2.24) is 0 Å². The standard InChI is InChI=1S/C65H119NO8/c1-6-8-10-12-14-16-18-20-22-24-26-28-29-30-31-32-33-34-35-36-38-40-42-44-46-48-50-52-54-56-63(68)74-61(60-73-65(64(69)70)71-58-57-66(3,4)5)59-72-62(67)55-53-51-49-47-45-43-41-39-37-27-25-23-21-19-17-15-13-11-9-7-2/h8,10,14,16,20,22,26,28,61,65H,6-7,9,11-13,15,17-19,21,23-25,27,29-60H2,1-5H3/p+1/b10-8-,16-14-,22-20-,28-26-. The summed E-state index contributed by atoms with van der Waals surface area (Å²) in [5.41, 5.74) is 0. The van der Waals surface area contributed by atoms with Crippen molar-refractivity contribution in [2.75, 3.05) is 47.5 Å². The molecule has 0 aromatic heterocycles. The maximum absolute atomic E-state index is 12.9. The molecule has 0 rings (SSSR count). The molecule has 432 valence electrons. The van der Waals surface area contributed by atoms with Crippen LogP contribution in [0.25, 0.3) is 0 Å². The van der Waals surface area contributed by atoms with Gasteiger partial charge in [-0.3, -0.25) is 9.59 Å². The third-order valence-corrected chi connectivity index (χ3v) is 13.8. The van der Waals surface area contributed by atoms with Gasteiger partial charge in [-0.1, -0.05) is 274 Å². The number of likely N-dealkylation sites (N-methyl/N-ethyl adjacent to an activating group) is 1. The Balaban J connectivity index is 4.14. The van der Waals surface area contributed by atoms with Gasteiger partial charge in [0.15, 0.2) is 6.10 Å². The molecule has 9 heteroatoms. The molecule has 0 saturated heterocycles. The maximum atomic E-state index is 12.9. The van der Waals surface area contributed by atoms with E-state index in [4.69, 9.17) is 18.9 Å². The molecule has 2 unspecified atom stereocenters. The quantitative estimate of drug-likeness (QED) is 0.0211. The summed E-state index contributed by atoms with van der Waals surface area (Å²) in [6, 6.07) is 0. The van der Waals surface area contributed by atoms with Crippen LogP contribution in [0.2, 0.25) is 0 Å². The van der Waals surface area contributed by atoms with Gasteiger partial charge in [0.25, 0.3) is 6.29 Å². The number of rotatable bonds is 58. The van der Waals surface area contributed by atoms with E-state index in [0.717, 1.165) is 64.2 Å². The average molecular weight is 1040 g/mol. The summed E-state index contributed by atoms with van der Waals surface area (Å²) in [5, 5.41) is 9.72. The summed E-state index contributed by atoms with van der Waals surface area (Å²) in [4.78, 5) is 37.5. The van der Waals surface area contributed by atoms with E-state index in [1.54, 1.807) is 0 Å². The molecule has 0 aromatic rings. The lowest BCUT2D eigenvalue weighted by molar-refractivity contribution is -0.870. The van der Waals surface area contributed by atoms with Crippen LogP contribution in [0.3, 0.4) is 0 Å². The van der Waals surface area contributed by atoms with Crippen LogP contribution in [0, 0.1) is 0 Å². The highest BCUT2D eigenvalue weighted by Gasteiger charge is 2.25. The molecule has 0 fully saturated rings. The molecule has 9 nitrogen and oxygen atoms in total. The van der Waals surface area contributed by atoms with Crippen molar-refractivity contribution in [2.24, 2.45) is 0 Å². The number of carboxylic acids is 1. The predicted octanol–water partition coefficient (Wildman–Crippen LogP) is 18.6. The Kier molecular flexibility index (Phi) is 54.4. The fourth-order valence-electron chi connectivity index (χ4n) is 9.07. The van der Waals surface area contributed by atoms with Gasteiger partial charge < -0.3 is 28.5 Å². The van der Waals surface area contributed by atoms with Crippen molar-refractivity contribution in [2.45, 2.75) is 302 Å². The summed E-state index contributed by atoms with van der Waals surface area (Å²) in [5.74, 6) is -1.98. The van der Waals surface area contributed by atoms with E-state index in [1.165, 1.54) is 199 Å². The highest BCUT2D eigenvalue weighted by Crippen LogP contribution is 2.18. The molecule has 0 aliphatic heterocycles. The highest BCUT2D eigenvalue weighted by atomic mass is 16.7. The van der Waals surface area contributed by atoms with E-state index in [1.807, 2.05) is 21.1 Å². The molecule has 0 aliphatic rings. The molecular weight excluding hydrogens is 923 g/mol. The zero-order valence-electron chi connectivity index (χ0n) is 49.3. The number of hydrogen-bond donors (Lipinski definition) is 1. The molecule has 2 atom stereocenters. The van der Waals surface area contributed by atoms with E-state index >= 15 is 0 Å². The fraction of sp³-hybridized carbons (Fsp3) is 0.831. The molecule has 0 aromatic carbocycles. The molecular formula is C65H120NO8+. The van der Waals surface area contributed by atoms with Crippen molar-refractivity contribution in [1.29, 1.82) is 0 Å². The molecule has 1 N–H and O–H groups in total. The minimum Gasteiger partial charge on any atom is -0.477 e. The smallest absolute Gasteiger partial charge is 0.361 e. The number of ether oxygens (including phenoxy) is 4. The summed E-state index contributed by atoms with van der Waals surface area (Å²) in [7, 11) is 5.98. The van der Waals surface area contributed by atoms with Crippen LogP contribution in [0.15, 0.2) is 48.6 Å². The minimum absolute atomic E-state index is 0.177. The number of carbonyl (C=O) groups is 3. The van der Waals surface area contributed by atoms with Gasteiger partial charge >= 0.3 is 17.9 Å². The first-order valence-electron chi connectivity index (χ1n) is 31.3. The number of unbranched alkanes of at least 4 members (excludes halogenated alkanes) is 35. The topological polar surface area (TPSA) is 108 Å². The van der Waals surface area contributed by atoms with Crippen molar-refractivity contribution >= 4 is 17.9 Å². The number of nitrogens with zero attached hydrogens (tertiary/aromatic N) is 1. The van der Waals surface area contributed by atoms with Gasteiger partial charge in [0.2, 0.25) is 0 Å². The minimum atomic E-state index is -1.51. The Bertz CT molecular complexity index is 1350. The van der Waals surface area contributed by atoms with Crippen LogP contribution >= 0.6 is 0 Å². The molecule has 0 amide bonds. The van der Waals surface area contributed by atoms with Gasteiger partial charge in [0.1, 0.15) is 13.2 Å². The lowest BCUT2D eigenvalue weighted by Gasteiger charge is -2.25. The number of allylic oxidation sites excluding steroid dienone is 8. The second kappa shape index (κ2) is 56.5. The Morgan fingerprint density at radius 2 is 0.770 bits per heavy atom. The van der Waals surface area contributed by atoms with Gasteiger partial charge in [-0.05, 0) is 51.4 Å². The average Bonchev–Trinajstić information content (AvgIpc) is 3.37. The number of carbonyl (C=O) groups excluding carboxylic acids is 2. The third kappa shape index (κ3) is 57.0. The molecule has 0 radical (unpaired) electrons. The van der Waals surface area contributed by atoms with Gasteiger partial charge in [0, 0.05) is 12.8 Å². The largest absolute Gasteiger partial charge is 0.477 e. The molecule has 74 heavy (non-hydrogen) atoms. The number of carboxylic acid groups (broad SMARTS) is 1. The molecule has 0 bridgehead atoms. The Hall–Kier alpha value is -2.75. The molecule has 0 spiro atoms. The van der Waals surface area contributed by atoms with E-state index in [-0.39, 0.29) is 38.2 Å². The van der Waals surface area contributed by atoms with Crippen molar-refractivity contribution < 1.29 is 42.9 Å². The second-order valence-corrected chi connectivity index (χ2v) is 22.3. The van der Waals surface area contributed by atoms with Crippen LogP contribution in [0.1, 0.15) is 290 Å². The Labute approximate surface area is 457 Å². The van der Waals surface area contributed by atoms with E-state index in [0.29, 0.717) is 17.4 Å². The summed E-state index contributed by atoms with van der Waals surface area (Å²) in [6.07, 6.45) is 67.7. The number of aliphatic carboxylic acids is 1. The lowest BCUT2D eigenvalue weighted by Crippen LogP contribution is -2.40. The maximum Gasteiger partial charge on any atom is 0.361 e. The van der Waals surface area contributed by atoms with Crippen LogP contribution in [0.4, 0.5) is 0 Å². The van der Waals surface area contributed by atoms with Crippen LogP contribution in [-0.2, 0) is 33.3 Å². The van der Waals surface area contributed by atoms with Crippen molar-refractivity contribution in [3.63, 3.8) is 0 Å². The predicted molar refractivity (Wildman–Crippen MR) is 314 cm³/mol. The van der Waals surface area contributed by atoms with Crippen molar-refractivity contribution in [3.05, 3.63) is 48.6 Å². The zero-order valence-corrected chi connectivity index (χ0v) is 49.3. The van der Waals surface area contributed by atoms with E-state index in [2.05, 4.69) is 62.5 Å². The summed E-state index contributed by atoms with van der Waals surface area (Å²) in [6.45, 7) is 4.82. The third-order valence-electron chi connectivity index (χ3n) is 13.8. The Morgan fingerprint density at radius 1 is 0.419 bits per heavy atom. The van der Waals surface area contributed by atoms with E-state index in [9.17, 15) is 19.5 Å². The van der Waals surface area contributed by atoms with Gasteiger partial charge in [-0.2, -0.15) is 0 Å². The highest BCUT2D eigenvalue weighted by molar-refractivity contribution is 5.71.